The Labute approximate surface area is 32.8 Å². The molecule has 0 aliphatic rings. The van der Waals surface area contributed by atoms with Crippen molar-refractivity contribution in [1.82, 2.24) is 5.09 Å². The number of amides is 1. The average molecular weight is 91.0 g/mol. The molecule has 0 spiro atoms. The number of carbonyl (C=O) groups excluding carboxylic acids is 1. The van der Waals surface area contributed by atoms with Crippen LogP contribution in [0.3, 0.4) is 0 Å². The first kappa shape index (κ1) is 4.90. The summed E-state index contributed by atoms with van der Waals surface area (Å²) in [5.41, 5.74) is 0. The molecule has 3 heteroatoms. The second-order valence-electron chi connectivity index (χ2n) is 0.512. The molecule has 1 N–H and O–H groups in total. The standard InChI is InChI=1S/C2H6NOP/c1-5-3-2-4/h2,5H,1H3,(H,3,4). The highest BCUT2D eigenvalue weighted by molar-refractivity contribution is 7.35. The van der Waals surface area contributed by atoms with Gasteiger partial charge >= 0.3 is 0 Å². The van der Waals surface area contributed by atoms with Crippen molar-refractivity contribution in [2.75, 3.05) is 6.66 Å². The zero-order valence-electron chi connectivity index (χ0n) is 2.99. The average Bonchev–Trinajstić information content (AvgIpc) is 1.41. The van der Waals surface area contributed by atoms with E-state index in [1.54, 1.807) is 0 Å². The molecule has 1 unspecified atom stereocenters. The zero-order chi connectivity index (χ0) is 4.12. The van der Waals surface area contributed by atoms with Crippen LogP contribution >= 0.6 is 8.73 Å². The largest absolute Gasteiger partial charge is 0.341 e. The Morgan fingerprint density at radius 1 is 2.00 bits per heavy atom. The molecule has 0 saturated carbocycles. The van der Waals surface area contributed by atoms with Gasteiger partial charge in [-0.2, -0.15) is 0 Å². The Bertz CT molecular complexity index is 30.8. The van der Waals surface area contributed by atoms with E-state index in [0.717, 1.165) is 0 Å². The molecule has 0 fully saturated rings. The summed E-state index contributed by atoms with van der Waals surface area (Å²) in [4.78, 5) is 9.30. The van der Waals surface area contributed by atoms with Crippen LogP contribution in [0.1, 0.15) is 0 Å². The van der Waals surface area contributed by atoms with Gasteiger partial charge in [0.05, 0.1) is 0 Å². The maximum absolute atomic E-state index is 9.30. The molecule has 0 rings (SSSR count). The highest BCUT2D eigenvalue weighted by atomic mass is 31.1. The molecular weight excluding hydrogens is 85.0 g/mol. The lowest BCUT2D eigenvalue weighted by molar-refractivity contribution is -0.108. The van der Waals surface area contributed by atoms with Crippen molar-refractivity contribution in [3.05, 3.63) is 0 Å². The van der Waals surface area contributed by atoms with Crippen LogP contribution in [0.2, 0.25) is 0 Å². The summed E-state index contributed by atoms with van der Waals surface area (Å²) in [6.45, 7) is 1.90. The quantitative estimate of drug-likeness (QED) is 0.375. The molecule has 1 amide bonds. The second kappa shape index (κ2) is 3.90. The molecule has 0 aliphatic heterocycles. The molecule has 2 nitrogen and oxygen atoms in total. The van der Waals surface area contributed by atoms with Gasteiger partial charge in [0.2, 0.25) is 6.41 Å². The molecule has 1 atom stereocenters. The van der Waals surface area contributed by atoms with Crippen molar-refractivity contribution in [2.24, 2.45) is 0 Å². The fourth-order valence-electron chi connectivity index (χ4n) is 0.0589. The Kier molecular flexibility index (Phi) is 3.82. The number of hydrogen-bond acceptors (Lipinski definition) is 1. The lowest BCUT2D eigenvalue weighted by Gasteiger charge is -1.78. The van der Waals surface area contributed by atoms with Crippen molar-refractivity contribution < 1.29 is 4.79 Å². The fourth-order valence-corrected chi connectivity index (χ4v) is 0.177. The maximum atomic E-state index is 9.30. The van der Waals surface area contributed by atoms with Crippen LogP contribution in [-0.2, 0) is 4.79 Å². The summed E-state index contributed by atoms with van der Waals surface area (Å²) in [6.07, 6.45) is 0.693. The Morgan fingerprint density at radius 3 is 2.60 bits per heavy atom. The van der Waals surface area contributed by atoms with Crippen LogP contribution in [0.25, 0.3) is 0 Å². The summed E-state index contributed by atoms with van der Waals surface area (Å²) in [7, 11) is 0.540. The van der Waals surface area contributed by atoms with Gasteiger partial charge in [0.1, 0.15) is 0 Å². The van der Waals surface area contributed by atoms with E-state index in [1.807, 2.05) is 6.66 Å². The van der Waals surface area contributed by atoms with Crippen LogP contribution in [0.15, 0.2) is 0 Å². The van der Waals surface area contributed by atoms with Crippen LogP contribution in [-0.4, -0.2) is 13.1 Å². The number of carbonyl (C=O) groups is 1. The van der Waals surface area contributed by atoms with E-state index >= 15 is 0 Å². The normalized spacial score (nSPS) is 9.00. The van der Waals surface area contributed by atoms with E-state index < -0.39 is 0 Å². The van der Waals surface area contributed by atoms with Gasteiger partial charge in [0.15, 0.2) is 0 Å². The molecule has 0 aliphatic carbocycles. The second-order valence-corrected chi connectivity index (χ2v) is 1.30. The predicted octanol–water partition coefficient (Wildman–Crippen LogP) is -0.0443. The number of nitrogens with one attached hydrogen (secondary N) is 1. The van der Waals surface area contributed by atoms with E-state index in [9.17, 15) is 4.79 Å². The Hall–Kier alpha value is -0.100. The first-order valence-electron chi connectivity index (χ1n) is 1.27. The van der Waals surface area contributed by atoms with Crippen LogP contribution < -0.4 is 5.09 Å². The lowest BCUT2D eigenvalue weighted by atomic mass is 11.5. The van der Waals surface area contributed by atoms with Crippen molar-refractivity contribution in [3.8, 4) is 0 Å². The number of rotatable bonds is 2. The Morgan fingerprint density at radius 2 is 2.60 bits per heavy atom. The van der Waals surface area contributed by atoms with Crippen molar-refractivity contribution >= 4 is 15.1 Å². The van der Waals surface area contributed by atoms with Crippen molar-refractivity contribution in [3.63, 3.8) is 0 Å². The van der Waals surface area contributed by atoms with Gasteiger partial charge < -0.3 is 5.09 Å². The van der Waals surface area contributed by atoms with Gasteiger partial charge in [-0.3, -0.25) is 4.79 Å². The van der Waals surface area contributed by atoms with Crippen molar-refractivity contribution in [1.29, 1.82) is 0 Å². The summed E-state index contributed by atoms with van der Waals surface area (Å²) < 4.78 is 0. The molecule has 30 valence electrons. The lowest BCUT2D eigenvalue weighted by Crippen LogP contribution is -1.91. The minimum absolute atomic E-state index is 0.540. The van der Waals surface area contributed by atoms with Crippen LogP contribution in [0, 0.1) is 0 Å². The highest BCUT2D eigenvalue weighted by Gasteiger charge is 1.58. The molecule has 0 aromatic rings. The van der Waals surface area contributed by atoms with E-state index in [4.69, 9.17) is 0 Å². The molecular formula is C2H6NOP. The number of hydrogen-bond donors (Lipinski definition) is 1. The minimum atomic E-state index is 0.540. The zero-order valence-corrected chi connectivity index (χ0v) is 3.99. The first-order chi connectivity index (χ1) is 2.41. The maximum Gasteiger partial charge on any atom is 0.210 e. The fraction of sp³-hybridized carbons (Fsp3) is 0.500. The third-order valence-electron chi connectivity index (χ3n) is 0.203. The highest BCUT2D eigenvalue weighted by Crippen LogP contribution is 1.85. The molecule has 0 heterocycles. The van der Waals surface area contributed by atoms with E-state index in [0.29, 0.717) is 15.1 Å². The third-order valence-corrected chi connectivity index (χ3v) is 0.610. The molecule has 0 radical (unpaired) electrons. The molecule has 5 heavy (non-hydrogen) atoms. The molecule has 0 bridgehead atoms. The topological polar surface area (TPSA) is 29.1 Å². The summed E-state index contributed by atoms with van der Waals surface area (Å²) in [5, 5.41) is 2.46. The minimum Gasteiger partial charge on any atom is -0.341 e. The Balaban J connectivity index is 2.40. The monoisotopic (exact) mass is 91.0 g/mol. The summed E-state index contributed by atoms with van der Waals surface area (Å²) >= 11 is 0. The van der Waals surface area contributed by atoms with Gasteiger partial charge in [-0.05, 0) is 15.4 Å². The van der Waals surface area contributed by atoms with Gasteiger partial charge in [0.25, 0.3) is 0 Å². The van der Waals surface area contributed by atoms with E-state index in [-0.39, 0.29) is 0 Å². The van der Waals surface area contributed by atoms with Gasteiger partial charge in [-0.25, -0.2) is 0 Å². The molecule has 0 saturated heterocycles. The van der Waals surface area contributed by atoms with Crippen LogP contribution in [0.5, 0.6) is 0 Å². The first-order valence-corrected chi connectivity index (χ1v) is 2.77. The molecule has 0 aromatic heterocycles. The van der Waals surface area contributed by atoms with Crippen molar-refractivity contribution in [2.45, 2.75) is 0 Å². The van der Waals surface area contributed by atoms with E-state index in [2.05, 4.69) is 5.09 Å². The van der Waals surface area contributed by atoms with Gasteiger partial charge in [-0.15, -0.1) is 0 Å². The van der Waals surface area contributed by atoms with Gasteiger partial charge in [0, 0.05) is 0 Å². The smallest absolute Gasteiger partial charge is 0.210 e. The van der Waals surface area contributed by atoms with Gasteiger partial charge in [-0.1, -0.05) is 0 Å². The third kappa shape index (κ3) is 3.90. The van der Waals surface area contributed by atoms with E-state index in [1.165, 1.54) is 0 Å². The summed E-state index contributed by atoms with van der Waals surface area (Å²) in [5.74, 6) is 0. The predicted molar refractivity (Wildman–Crippen MR) is 23.4 cm³/mol. The summed E-state index contributed by atoms with van der Waals surface area (Å²) in [6, 6.07) is 0. The SMILES string of the molecule is CPNC=O. The molecule has 0 aromatic carbocycles. The van der Waals surface area contributed by atoms with Crippen LogP contribution in [0.4, 0.5) is 0 Å².